The Hall–Kier alpha value is -2.66. The fourth-order valence-corrected chi connectivity index (χ4v) is 2.84. The van der Waals surface area contributed by atoms with Crippen molar-refractivity contribution in [1.82, 2.24) is 0 Å². The summed E-state index contributed by atoms with van der Waals surface area (Å²) in [5, 5.41) is 2.37. The van der Waals surface area contributed by atoms with Gasteiger partial charge in [0.1, 0.15) is 16.5 Å². The minimum Gasteiger partial charge on any atom is -0.347 e. The average molecular weight is 345 g/mol. The Balaban J connectivity index is 1.97. The van der Waals surface area contributed by atoms with Crippen molar-refractivity contribution in [2.24, 2.45) is 0 Å². The first-order chi connectivity index (χ1) is 11.4. The molecule has 0 unspecified atom stereocenters. The van der Waals surface area contributed by atoms with Gasteiger partial charge in [-0.05, 0) is 49.2 Å². The summed E-state index contributed by atoms with van der Waals surface area (Å²) in [5.74, 6) is -1.79. The zero-order valence-corrected chi connectivity index (χ0v) is 13.8. The predicted molar refractivity (Wildman–Crippen MR) is 91.3 cm³/mol. The first-order valence-electron chi connectivity index (χ1n) is 7.27. The Morgan fingerprint density at radius 3 is 2.25 bits per heavy atom. The van der Waals surface area contributed by atoms with E-state index in [0.717, 1.165) is 16.0 Å². The molecule has 1 N–H and O–H groups in total. The third-order valence-electron chi connectivity index (χ3n) is 3.63. The second-order valence-corrected chi connectivity index (χ2v) is 5.96. The van der Waals surface area contributed by atoms with Gasteiger partial charge in [-0.3, -0.25) is 9.59 Å². The zero-order valence-electron chi connectivity index (χ0n) is 13.1. The molecule has 2 aromatic carbocycles. The van der Waals surface area contributed by atoms with E-state index >= 15 is 0 Å². The van der Waals surface area contributed by atoms with Gasteiger partial charge in [-0.1, -0.05) is 29.8 Å². The van der Waals surface area contributed by atoms with Crippen molar-refractivity contribution in [3.63, 3.8) is 0 Å². The molecule has 0 aliphatic carbocycles. The number of anilines is 2. The molecule has 0 bridgehead atoms. The molecule has 4 nitrogen and oxygen atoms in total. The van der Waals surface area contributed by atoms with Crippen LogP contribution in [0.25, 0.3) is 0 Å². The highest BCUT2D eigenvalue weighted by Gasteiger charge is 2.39. The van der Waals surface area contributed by atoms with Crippen LogP contribution < -0.4 is 10.2 Å². The molecule has 2 aromatic rings. The largest absolute Gasteiger partial charge is 0.347 e. The molecule has 0 saturated carbocycles. The quantitative estimate of drug-likeness (QED) is 0.860. The van der Waals surface area contributed by atoms with Crippen LogP contribution in [-0.4, -0.2) is 11.8 Å². The zero-order chi connectivity index (χ0) is 17.4. The summed E-state index contributed by atoms with van der Waals surface area (Å²) < 4.78 is 13.8. The van der Waals surface area contributed by atoms with Gasteiger partial charge in [0.15, 0.2) is 0 Å². The van der Waals surface area contributed by atoms with Crippen molar-refractivity contribution < 1.29 is 14.0 Å². The maximum atomic E-state index is 13.8. The van der Waals surface area contributed by atoms with Gasteiger partial charge < -0.3 is 5.32 Å². The minimum atomic E-state index is -0.634. The number of nitrogens with one attached hydrogen (secondary N) is 1. The molecule has 0 aromatic heterocycles. The van der Waals surface area contributed by atoms with Crippen LogP contribution in [0.15, 0.2) is 53.2 Å². The molecule has 1 heterocycles. The van der Waals surface area contributed by atoms with Crippen molar-refractivity contribution in [3.8, 4) is 0 Å². The molecule has 0 fully saturated rings. The summed E-state index contributed by atoms with van der Waals surface area (Å²) in [5.41, 5.74) is 2.21. The van der Waals surface area contributed by atoms with Crippen LogP contribution in [-0.2, 0) is 9.59 Å². The first-order valence-corrected chi connectivity index (χ1v) is 7.64. The monoisotopic (exact) mass is 344 g/mol. The summed E-state index contributed by atoms with van der Waals surface area (Å²) in [7, 11) is 0. The number of nitrogens with zero attached hydrogens (tertiary/aromatic N) is 1. The van der Waals surface area contributed by atoms with Gasteiger partial charge in [0.25, 0.3) is 11.8 Å². The van der Waals surface area contributed by atoms with E-state index in [2.05, 4.69) is 5.32 Å². The smallest absolute Gasteiger partial charge is 0.283 e. The highest BCUT2D eigenvalue weighted by Crippen LogP contribution is 2.31. The fourth-order valence-electron chi connectivity index (χ4n) is 2.62. The van der Waals surface area contributed by atoms with E-state index < -0.39 is 17.6 Å². The van der Waals surface area contributed by atoms with Crippen LogP contribution in [0.5, 0.6) is 0 Å². The van der Waals surface area contributed by atoms with Gasteiger partial charge in [0, 0.05) is 0 Å². The van der Waals surface area contributed by atoms with Gasteiger partial charge in [-0.25, -0.2) is 9.29 Å². The maximum Gasteiger partial charge on any atom is 0.283 e. The number of rotatable bonds is 3. The topological polar surface area (TPSA) is 49.4 Å². The van der Waals surface area contributed by atoms with E-state index in [9.17, 15) is 14.0 Å². The summed E-state index contributed by atoms with van der Waals surface area (Å²) >= 11 is 6.03. The molecular formula is C18H14ClFN2O2. The van der Waals surface area contributed by atoms with E-state index in [1.807, 2.05) is 19.9 Å². The van der Waals surface area contributed by atoms with Gasteiger partial charge in [-0.15, -0.1) is 0 Å². The molecule has 3 rings (SSSR count). The SMILES string of the molecule is Cc1cc(C)cc(N2C(=O)C(Cl)=C(Nc3ccccc3F)C2=O)c1. The Morgan fingerprint density at radius 1 is 1.00 bits per heavy atom. The lowest BCUT2D eigenvalue weighted by Crippen LogP contribution is -2.32. The van der Waals surface area contributed by atoms with Crippen LogP contribution in [0.3, 0.4) is 0 Å². The lowest BCUT2D eigenvalue weighted by Gasteiger charge is -2.16. The fraction of sp³-hybridized carbons (Fsp3) is 0.111. The number of imide groups is 1. The van der Waals surface area contributed by atoms with E-state index in [-0.39, 0.29) is 16.4 Å². The standard InChI is InChI=1S/C18H14ClFN2O2/c1-10-7-11(2)9-12(8-10)22-17(23)15(19)16(18(22)24)21-14-6-4-3-5-13(14)20/h3-9,21H,1-2H3. The van der Waals surface area contributed by atoms with Gasteiger partial charge in [0.05, 0.1) is 11.4 Å². The van der Waals surface area contributed by atoms with Crippen LogP contribution in [0.4, 0.5) is 15.8 Å². The van der Waals surface area contributed by atoms with Gasteiger partial charge >= 0.3 is 0 Å². The Kier molecular flexibility index (Phi) is 4.11. The molecule has 24 heavy (non-hydrogen) atoms. The van der Waals surface area contributed by atoms with Crippen molar-refractivity contribution in [1.29, 1.82) is 0 Å². The number of amides is 2. The molecule has 2 amide bonds. The number of aryl methyl sites for hydroxylation is 2. The average Bonchev–Trinajstić information content (AvgIpc) is 2.72. The molecular weight excluding hydrogens is 331 g/mol. The lowest BCUT2D eigenvalue weighted by atomic mass is 10.1. The summed E-state index contributed by atoms with van der Waals surface area (Å²) in [4.78, 5) is 26.0. The van der Waals surface area contributed by atoms with Crippen molar-refractivity contribution in [2.75, 3.05) is 10.2 Å². The second-order valence-electron chi connectivity index (χ2n) is 5.59. The molecule has 1 aliphatic heterocycles. The van der Waals surface area contributed by atoms with Crippen molar-refractivity contribution >= 4 is 34.8 Å². The van der Waals surface area contributed by atoms with Crippen LogP contribution in [0, 0.1) is 19.7 Å². The molecule has 1 aliphatic rings. The number of halogens is 2. The Bertz CT molecular complexity index is 872. The van der Waals surface area contributed by atoms with Crippen molar-refractivity contribution in [3.05, 3.63) is 70.1 Å². The lowest BCUT2D eigenvalue weighted by molar-refractivity contribution is -0.120. The minimum absolute atomic E-state index is 0.0778. The number of benzene rings is 2. The Labute approximate surface area is 143 Å². The predicted octanol–water partition coefficient (Wildman–Crippen LogP) is 3.88. The summed E-state index contributed by atoms with van der Waals surface area (Å²) in [6, 6.07) is 11.2. The highest BCUT2D eigenvalue weighted by molar-refractivity contribution is 6.53. The maximum absolute atomic E-state index is 13.8. The molecule has 122 valence electrons. The number of carbonyl (C=O) groups is 2. The number of hydrogen-bond acceptors (Lipinski definition) is 3. The molecule has 0 radical (unpaired) electrons. The summed E-state index contributed by atoms with van der Waals surface area (Å²) in [6.07, 6.45) is 0. The van der Waals surface area contributed by atoms with Crippen LogP contribution in [0.2, 0.25) is 0 Å². The summed E-state index contributed by atoms with van der Waals surface area (Å²) in [6.45, 7) is 3.74. The number of carbonyl (C=O) groups excluding carboxylic acids is 2. The highest BCUT2D eigenvalue weighted by atomic mass is 35.5. The van der Waals surface area contributed by atoms with Crippen LogP contribution in [0.1, 0.15) is 11.1 Å². The number of hydrogen-bond donors (Lipinski definition) is 1. The van der Waals surface area contributed by atoms with Gasteiger partial charge in [-0.2, -0.15) is 0 Å². The molecule has 0 spiro atoms. The van der Waals surface area contributed by atoms with Crippen LogP contribution >= 0.6 is 11.6 Å². The molecule has 0 saturated heterocycles. The van der Waals surface area contributed by atoms with E-state index in [1.54, 1.807) is 18.2 Å². The molecule has 0 atom stereocenters. The van der Waals surface area contributed by atoms with Gasteiger partial charge in [0.2, 0.25) is 0 Å². The third kappa shape index (κ3) is 2.78. The number of para-hydroxylation sites is 1. The Morgan fingerprint density at radius 2 is 1.62 bits per heavy atom. The second kappa shape index (κ2) is 6.09. The molecule has 6 heteroatoms. The van der Waals surface area contributed by atoms with E-state index in [0.29, 0.717) is 5.69 Å². The van der Waals surface area contributed by atoms with Crippen molar-refractivity contribution in [2.45, 2.75) is 13.8 Å². The van der Waals surface area contributed by atoms with E-state index in [4.69, 9.17) is 11.6 Å². The third-order valence-corrected chi connectivity index (χ3v) is 3.98. The normalized spacial score (nSPS) is 14.6. The van der Waals surface area contributed by atoms with E-state index in [1.165, 1.54) is 18.2 Å². The first kappa shape index (κ1) is 16.2.